The molecular weight excluding hydrogens is 96.9 g/mol. The molecule has 0 amide bonds. The van der Waals surface area contributed by atoms with Crippen LogP contribution in [-0.4, -0.2) is 32.9 Å². The second-order valence-corrected chi connectivity index (χ2v) is 2.99. The van der Waals surface area contributed by atoms with E-state index >= 15 is 0 Å². The van der Waals surface area contributed by atoms with Gasteiger partial charge in [-0.3, -0.25) is 0 Å². The number of hydrogen-bond acceptors (Lipinski definition) is 1. The molecule has 0 aliphatic carbocycles. The lowest BCUT2D eigenvalue weighted by Gasteiger charge is -2.26. The van der Waals surface area contributed by atoms with Gasteiger partial charge in [0, 0.05) is 0 Å². The summed E-state index contributed by atoms with van der Waals surface area (Å²) in [7, 11) is 4.54. The topological polar surface area (TPSA) is 3.24 Å². The van der Waals surface area contributed by atoms with Gasteiger partial charge in [-0.1, -0.05) is 5.82 Å². The highest BCUT2D eigenvalue weighted by Gasteiger charge is 2.10. The highest BCUT2D eigenvalue weighted by molar-refractivity contribution is 6.11. The first-order valence-electron chi connectivity index (χ1n) is 3.47. The van der Waals surface area contributed by atoms with E-state index in [1.54, 1.807) is 0 Å². The van der Waals surface area contributed by atoms with Gasteiger partial charge in [0.05, 0.1) is 0 Å². The molecule has 0 aromatic rings. The van der Waals surface area contributed by atoms with Gasteiger partial charge in [-0.05, 0) is 33.0 Å². The minimum atomic E-state index is 0.978. The van der Waals surface area contributed by atoms with Gasteiger partial charge in [0.1, 0.15) is 7.85 Å². The minimum Gasteiger partial charge on any atom is -0.306 e. The van der Waals surface area contributed by atoms with Crippen LogP contribution in [0.4, 0.5) is 0 Å². The van der Waals surface area contributed by atoms with Crippen molar-refractivity contribution in [2.24, 2.45) is 0 Å². The predicted octanol–water partition coefficient (Wildman–Crippen LogP) is 0.134. The Bertz CT molecular complexity index is 56.9. The van der Waals surface area contributed by atoms with Gasteiger partial charge in [0.15, 0.2) is 0 Å². The molecule has 0 radical (unpaired) electrons. The predicted molar refractivity (Wildman–Crippen MR) is 39.0 cm³/mol. The molecule has 8 heavy (non-hydrogen) atoms. The van der Waals surface area contributed by atoms with Gasteiger partial charge in [0.25, 0.3) is 0 Å². The van der Waals surface area contributed by atoms with E-state index in [0.717, 1.165) is 5.82 Å². The van der Waals surface area contributed by atoms with Crippen LogP contribution in [0.5, 0.6) is 0 Å². The van der Waals surface area contributed by atoms with Crippen LogP contribution in [0.1, 0.15) is 12.8 Å². The Balaban J connectivity index is 2.19. The van der Waals surface area contributed by atoms with Crippen LogP contribution in [0.3, 0.4) is 0 Å². The Kier molecular flexibility index (Phi) is 1.95. The van der Waals surface area contributed by atoms with Crippen molar-refractivity contribution in [2.45, 2.75) is 18.7 Å². The van der Waals surface area contributed by atoms with E-state index in [1.807, 2.05) is 0 Å². The van der Waals surface area contributed by atoms with Crippen LogP contribution < -0.4 is 0 Å². The molecule has 1 heterocycles. The average molecular weight is 111 g/mol. The molecule has 2 heteroatoms. The van der Waals surface area contributed by atoms with Crippen molar-refractivity contribution in [1.82, 2.24) is 4.90 Å². The molecule has 0 bridgehead atoms. The molecule has 0 aromatic heterocycles. The summed E-state index contributed by atoms with van der Waals surface area (Å²) in [5.74, 6) is 0.978. The van der Waals surface area contributed by atoms with E-state index in [-0.39, 0.29) is 0 Å². The van der Waals surface area contributed by atoms with Crippen LogP contribution in [-0.2, 0) is 0 Å². The molecule has 1 saturated heterocycles. The first-order chi connectivity index (χ1) is 3.79. The molecule has 1 fully saturated rings. The first-order valence-corrected chi connectivity index (χ1v) is 3.47. The van der Waals surface area contributed by atoms with Crippen LogP contribution >= 0.6 is 0 Å². The summed E-state index contributed by atoms with van der Waals surface area (Å²) >= 11 is 0. The fourth-order valence-electron chi connectivity index (χ4n) is 1.14. The van der Waals surface area contributed by atoms with E-state index in [2.05, 4.69) is 19.8 Å². The largest absolute Gasteiger partial charge is 0.306 e. The van der Waals surface area contributed by atoms with Crippen molar-refractivity contribution < 1.29 is 0 Å². The minimum absolute atomic E-state index is 0.978. The van der Waals surface area contributed by atoms with Gasteiger partial charge in [0.2, 0.25) is 0 Å². The first kappa shape index (κ1) is 6.15. The molecule has 46 valence electrons. The maximum Gasteiger partial charge on any atom is 0.105 e. The lowest BCUT2D eigenvalue weighted by molar-refractivity contribution is 0.277. The summed E-state index contributed by atoms with van der Waals surface area (Å²) in [6.07, 6.45) is 2.80. The smallest absolute Gasteiger partial charge is 0.105 e. The van der Waals surface area contributed by atoms with Crippen LogP contribution in [0.15, 0.2) is 0 Å². The van der Waals surface area contributed by atoms with E-state index in [9.17, 15) is 0 Å². The lowest BCUT2D eigenvalue weighted by Crippen LogP contribution is -2.27. The van der Waals surface area contributed by atoms with E-state index in [0.29, 0.717) is 0 Å². The Labute approximate surface area is 52.5 Å². The third-order valence-corrected chi connectivity index (χ3v) is 2.01. The molecule has 1 rings (SSSR count). The van der Waals surface area contributed by atoms with E-state index in [4.69, 9.17) is 0 Å². The molecule has 1 aliphatic heterocycles. The maximum atomic E-state index is 2.40. The van der Waals surface area contributed by atoms with Gasteiger partial charge >= 0.3 is 0 Å². The fraction of sp³-hybridized carbons (Fsp3) is 1.00. The van der Waals surface area contributed by atoms with E-state index in [1.165, 1.54) is 25.9 Å². The quantitative estimate of drug-likeness (QED) is 0.401. The van der Waals surface area contributed by atoms with Crippen LogP contribution in [0.25, 0.3) is 0 Å². The Morgan fingerprint density at radius 1 is 1.38 bits per heavy atom. The highest BCUT2D eigenvalue weighted by atomic mass is 15.1. The van der Waals surface area contributed by atoms with Crippen molar-refractivity contribution >= 4 is 7.85 Å². The zero-order chi connectivity index (χ0) is 5.98. The number of nitrogens with zero attached hydrogens (tertiary/aromatic N) is 1. The normalized spacial score (nSPS) is 26.1. The SMILES string of the molecule is BC1CCN(C)CC1. The molecular formula is C6H14BN. The molecule has 1 aliphatic rings. The third kappa shape index (κ3) is 1.51. The van der Waals surface area contributed by atoms with Gasteiger partial charge in [-0.15, -0.1) is 0 Å². The van der Waals surface area contributed by atoms with E-state index < -0.39 is 0 Å². The van der Waals surface area contributed by atoms with Gasteiger partial charge in [-0.2, -0.15) is 0 Å². The summed E-state index contributed by atoms with van der Waals surface area (Å²) in [6, 6.07) is 0. The van der Waals surface area contributed by atoms with Crippen LogP contribution in [0, 0.1) is 0 Å². The van der Waals surface area contributed by atoms with Crippen molar-refractivity contribution in [1.29, 1.82) is 0 Å². The summed E-state index contributed by atoms with van der Waals surface area (Å²) in [6.45, 7) is 2.61. The number of likely N-dealkylation sites (tertiary alicyclic amines) is 1. The number of hydrogen-bond donors (Lipinski definition) is 0. The summed E-state index contributed by atoms with van der Waals surface area (Å²) in [5.41, 5.74) is 0. The molecule has 0 unspecified atom stereocenters. The Morgan fingerprint density at radius 2 is 1.88 bits per heavy atom. The van der Waals surface area contributed by atoms with Gasteiger partial charge in [-0.25, -0.2) is 0 Å². The summed E-state index contributed by atoms with van der Waals surface area (Å²) in [4.78, 5) is 2.40. The summed E-state index contributed by atoms with van der Waals surface area (Å²) < 4.78 is 0. The zero-order valence-electron chi connectivity index (χ0n) is 5.85. The molecule has 0 spiro atoms. The molecule has 0 N–H and O–H groups in total. The number of rotatable bonds is 0. The van der Waals surface area contributed by atoms with Gasteiger partial charge < -0.3 is 4.90 Å². The van der Waals surface area contributed by atoms with Crippen molar-refractivity contribution in [3.8, 4) is 0 Å². The zero-order valence-corrected chi connectivity index (χ0v) is 5.85. The second-order valence-electron chi connectivity index (χ2n) is 2.99. The van der Waals surface area contributed by atoms with Crippen LogP contribution in [0.2, 0.25) is 5.82 Å². The molecule has 0 aromatic carbocycles. The molecule has 1 nitrogen and oxygen atoms in total. The monoisotopic (exact) mass is 111 g/mol. The van der Waals surface area contributed by atoms with Crippen molar-refractivity contribution in [2.75, 3.05) is 20.1 Å². The Hall–Kier alpha value is 0.0249. The molecule has 0 atom stereocenters. The maximum absolute atomic E-state index is 2.40. The average Bonchev–Trinajstić information content (AvgIpc) is 1.77. The Morgan fingerprint density at radius 3 is 2.25 bits per heavy atom. The standard InChI is InChI=1S/C6H14BN/c1-8-4-2-6(7)3-5-8/h6H,2-5,7H2,1H3. The van der Waals surface area contributed by atoms with Crippen molar-refractivity contribution in [3.05, 3.63) is 0 Å². The van der Waals surface area contributed by atoms with Crippen molar-refractivity contribution in [3.63, 3.8) is 0 Å². The number of piperidine rings is 1. The second kappa shape index (κ2) is 2.54. The fourth-order valence-corrected chi connectivity index (χ4v) is 1.14. The lowest BCUT2D eigenvalue weighted by atomic mass is 9.80. The third-order valence-electron chi connectivity index (χ3n) is 2.01. The molecule has 0 saturated carbocycles. The highest BCUT2D eigenvalue weighted by Crippen LogP contribution is 2.16. The summed E-state index contributed by atoms with van der Waals surface area (Å²) in [5, 5.41) is 0.